The highest BCUT2D eigenvalue weighted by molar-refractivity contribution is 9.10. The van der Waals surface area contributed by atoms with Crippen molar-refractivity contribution in [2.75, 3.05) is 0 Å². The van der Waals surface area contributed by atoms with Gasteiger partial charge in [-0.1, -0.05) is 28.1 Å². The van der Waals surface area contributed by atoms with E-state index in [-0.39, 0.29) is 0 Å². The van der Waals surface area contributed by atoms with E-state index in [0.29, 0.717) is 6.42 Å². The summed E-state index contributed by atoms with van der Waals surface area (Å²) < 4.78 is 6.15. The van der Waals surface area contributed by atoms with Crippen LogP contribution in [0.1, 0.15) is 33.3 Å². The van der Waals surface area contributed by atoms with E-state index in [9.17, 15) is 4.79 Å². The average Bonchev–Trinajstić information content (AvgIpc) is 2.13. The first kappa shape index (κ1) is 14.9. The molecule has 0 aliphatic heterocycles. The van der Waals surface area contributed by atoms with Crippen molar-refractivity contribution in [2.24, 2.45) is 4.99 Å². The monoisotopic (exact) mass is 311 g/mol. The number of aliphatic imine (C=N–C) groups is 1. The van der Waals surface area contributed by atoms with Crippen molar-refractivity contribution < 1.29 is 9.53 Å². The number of amides is 1. The molecule has 1 rings (SSSR count). The van der Waals surface area contributed by atoms with Gasteiger partial charge in [0.05, 0.1) is 0 Å². The van der Waals surface area contributed by atoms with E-state index in [4.69, 9.17) is 4.74 Å². The first-order valence-electron chi connectivity index (χ1n) is 5.78. The molecule has 0 unspecified atom stereocenters. The minimum atomic E-state index is -0.532. The number of carbonyl (C=O) groups excluding carboxylic acids is 1. The third-order valence-corrected chi connectivity index (χ3v) is 2.52. The van der Waals surface area contributed by atoms with Crippen molar-refractivity contribution >= 4 is 27.7 Å². The summed E-state index contributed by atoms with van der Waals surface area (Å²) in [7, 11) is 0. The predicted molar refractivity (Wildman–Crippen MR) is 77.2 cm³/mol. The van der Waals surface area contributed by atoms with Crippen LogP contribution in [-0.4, -0.2) is 17.4 Å². The second-order valence-electron chi connectivity index (χ2n) is 5.13. The normalized spacial score (nSPS) is 12.4. The van der Waals surface area contributed by atoms with Crippen molar-refractivity contribution in [3.8, 4) is 0 Å². The van der Waals surface area contributed by atoms with Gasteiger partial charge in [-0.05, 0) is 45.4 Å². The van der Waals surface area contributed by atoms with Crippen molar-refractivity contribution in [3.63, 3.8) is 0 Å². The maximum Gasteiger partial charge on any atom is 0.434 e. The average molecular weight is 312 g/mol. The summed E-state index contributed by atoms with van der Waals surface area (Å²) in [5.74, 6) is 0. The Bertz CT molecular complexity index is 461. The maximum atomic E-state index is 11.5. The van der Waals surface area contributed by atoms with Gasteiger partial charge in [0.2, 0.25) is 0 Å². The van der Waals surface area contributed by atoms with Crippen LogP contribution in [0.15, 0.2) is 33.7 Å². The lowest BCUT2D eigenvalue weighted by molar-refractivity contribution is 0.0604. The first-order valence-corrected chi connectivity index (χ1v) is 6.57. The van der Waals surface area contributed by atoms with E-state index in [2.05, 4.69) is 20.9 Å². The van der Waals surface area contributed by atoms with Crippen LogP contribution in [-0.2, 0) is 11.2 Å². The van der Waals surface area contributed by atoms with Crippen molar-refractivity contribution in [1.29, 1.82) is 0 Å². The fraction of sp³-hybridized carbons (Fsp3) is 0.429. The Labute approximate surface area is 116 Å². The zero-order valence-electron chi connectivity index (χ0n) is 11.2. The third kappa shape index (κ3) is 5.96. The quantitative estimate of drug-likeness (QED) is 0.760. The van der Waals surface area contributed by atoms with Crippen LogP contribution in [0.4, 0.5) is 4.79 Å². The number of hydrogen-bond donors (Lipinski definition) is 0. The fourth-order valence-corrected chi connectivity index (χ4v) is 1.87. The van der Waals surface area contributed by atoms with Crippen molar-refractivity contribution in [2.45, 2.75) is 39.7 Å². The smallest absolute Gasteiger partial charge is 0.434 e. The number of ether oxygens (including phenoxy) is 1. The molecule has 0 radical (unpaired) electrons. The number of rotatable bonds is 2. The molecule has 0 heterocycles. The number of hydrogen-bond acceptors (Lipinski definition) is 2. The summed E-state index contributed by atoms with van der Waals surface area (Å²) >= 11 is 3.41. The van der Waals surface area contributed by atoms with E-state index >= 15 is 0 Å². The van der Waals surface area contributed by atoms with Gasteiger partial charge < -0.3 is 4.74 Å². The van der Waals surface area contributed by atoms with Crippen molar-refractivity contribution in [3.05, 3.63) is 34.3 Å². The number of benzene rings is 1. The number of carbonyl (C=O) groups is 1. The molecule has 0 aliphatic carbocycles. The van der Waals surface area contributed by atoms with Gasteiger partial charge in [-0.3, -0.25) is 0 Å². The molecule has 1 aromatic carbocycles. The molecule has 0 saturated heterocycles. The molecule has 0 N–H and O–H groups in total. The highest BCUT2D eigenvalue weighted by Crippen LogP contribution is 2.13. The molecule has 0 bridgehead atoms. The molecule has 0 fully saturated rings. The Morgan fingerprint density at radius 3 is 2.61 bits per heavy atom. The van der Waals surface area contributed by atoms with Crippen LogP contribution in [0, 0.1) is 0 Å². The van der Waals surface area contributed by atoms with Gasteiger partial charge >= 0.3 is 6.09 Å². The molecule has 1 amide bonds. The standard InChI is InChI=1S/C14H18BrNO2/c1-10(16-13(17)18-14(2,3)4)8-11-6-5-7-12(15)9-11/h5-7,9H,8H2,1-4H3. The van der Waals surface area contributed by atoms with Crippen LogP contribution in [0.25, 0.3) is 0 Å². The summed E-state index contributed by atoms with van der Waals surface area (Å²) in [6.45, 7) is 7.29. The van der Waals surface area contributed by atoms with Crippen molar-refractivity contribution in [1.82, 2.24) is 0 Å². The molecule has 0 spiro atoms. The third-order valence-electron chi connectivity index (χ3n) is 2.02. The Balaban J connectivity index is 2.65. The van der Waals surface area contributed by atoms with Gasteiger partial charge in [0.25, 0.3) is 0 Å². The molecule has 3 nitrogen and oxygen atoms in total. The van der Waals surface area contributed by atoms with Gasteiger partial charge in [0.15, 0.2) is 0 Å². The fourth-order valence-electron chi connectivity index (χ4n) is 1.42. The minimum Gasteiger partial charge on any atom is -0.442 e. The Kier molecular flexibility index (Phi) is 5.08. The summed E-state index contributed by atoms with van der Waals surface area (Å²) in [5, 5.41) is 0. The van der Waals surface area contributed by atoms with E-state index in [1.165, 1.54) is 0 Å². The van der Waals surface area contributed by atoms with Gasteiger partial charge in [-0.2, -0.15) is 4.99 Å². The molecule has 0 aromatic heterocycles. The molecule has 1 aromatic rings. The molecular weight excluding hydrogens is 294 g/mol. The Morgan fingerprint density at radius 2 is 2.06 bits per heavy atom. The van der Waals surface area contributed by atoms with E-state index < -0.39 is 11.7 Å². The SMILES string of the molecule is CC(Cc1cccc(Br)c1)=NC(=O)OC(C)(C)C. The zero-order valence-corrected chi connectivity index (χ0v) is 12.7. The lowest BCUT2D eigenvalue weighted by Gasteiger charge is -2.17. The van der Waals surface area contributed by atoms with E-state index in [1.54, 1.807) is 0 Å². The summed E-state index contributed by atoms with van der Waals surface area (Å²) in [5.41, 5.74) is 1.34. The summed E-state index contributed by atoms with van der Waals surface area (Å²) in [6.07, 6.45) is 0.105. The predicted octanol–water partition coefficient (Wildman–Crippen LogP) is 4.39. The topological polar surface area (TPSA) is 38.7 Å². The molecule has 18 heavy (non-hydrogen) atoms. The van der Waals surface area contributed by atoms with Crippen LogP contribution >= 0.6 is 15.9 Å². The summed E-state index contributed by atoms with van der Waals surface area (Å²) in [6, 6.07) is 7.93. The Hall–Kier alpha value is -1.16. The maximum absolute atomic E-state index is 11.5. The second kappa shape index (κ2) is 6.14. The van der Waals surface area contributed by atoms with Gasteiger partial charge in [0.1, 0.15) is 5.60 Å². The van der Waals surface area contributed by atoms with Gasteiger partial charge in [0, 0.05) is 16.6 Å². The molecule has 98 valence electrons. The molecule has 0 atom stereocenters. The largest absolute Gasteiger partial charge is 0.442 e. The Morgan fingerprint density at radius 1 is 1.39 bits per heavy atom. The van der Waals surface area contributed by atoms with Gasteiger partial charge in [-0.15, -0.1) is 0 Å². The minimum absolute atomic E-state index is 0.503. The van der Waals surface area contributed by atoms with Gasteiger partial charge in [-0.25, -0.2) is 4.79 Å². The summed E-state index contributed by atoms with van der Waals surface area (Å²) in [4.78, 5) is 15.4. The zero-order chi connectivity index (χ0) is 13.8. The van der Waals surface area contributed by atoms with Crippen LogP contribution in [0.3, 0.4) is 0 Å². The highest BCUT2D eigenvalue weighted by atomic mass is 79.9. The highest BCUT2D eigenvalue weighted by Gasteiger charge is 2.15. The van der Waals surface area contributed by atoms with Crippen LogP contribution < -0.4 is 0 Å². The first-order chi connectivity index (χ1) is 8.26. The van der Waals surface area contributed by atoms with Crippen LogP contribution in [0.2, 0.25) is 0 Å². The number of nitrogens with zero attached hydrogens (tertiary/aromatic N) is 1. The molecule has 0 saturated carbocycles. The van der Waals surface area contributed by atoms with E-state index in [1.807, 2.05) is 52.0 Å². The molecule has 0 aliphatic rings. The van der Waals surface area contributed by atoms with E-state index in [0.717, 1.165) is 15.7 Å². The molecular formula is C14H18BrNO2. The molecule has 4 heteroatoms. The number of halogens is 1. The second-order valence-corrected chi connectivity index (χ2v) is 6.05. The van der Waals surface area contributed by atoms with Crippen LogP contribution in [0.5, 0.6) is 0 Å². The lowest BCUT2D eigenvalue weighted by Crippen LogP contribution is -2.22. The lowest BCUT2D eigenvalue weighted by atomic mass is 10.1.